The van der Waals surface area contributed by atoms with Gasteiger partial charge in [-0.1, -0.05) is 6.08 Å². The van der Waals surface area contributed by atoms with Crippen LogP contribution in [0.5, 0.6) is 0 Å². The maximum absolute atomic E-state index is 14.8. The lowest BCUT2D eigenvalue weighted by Crippen LogP contribution is -2.20. The molecule has 29 heavy (non-hydrogen) atoms. The Kier molecular flexibility index (Phi) is 5.02. The van der Waals surface area contributed by atoms with Crippen LogP contribution in [0.4, 0.5) is 8.78 Å². The van der Waals surface area contributed by atoms with Crippen molar-refractivity contribution >= 4 is 39.8 Å². The third-order valence-corrected chi connectivity index (χ3v) is 5.06. The Morgan fingerprint density at radius 2 is 1.83 bits per heavy atom. The van der Waals surface area contributed by atoms with E-state index in [1.54, 1.807) is 30.1 Å². The van der Waals surface area contributed by atoms with Crippen molar-refractivity contribution in [1.29, 1.82) is 0 Å². The minimum atomic E-state index is -0.441. The highest BCUT2D eigenvalue weighted by Crippen LogP contribution is 2.29. The number of hydrogen-bond donors (Lipinski definition) is 1. The van der Waals surface area contributed by atoms with Crippen LogP contribution in [0.25, 0.3) is 38.6 Å². The van der Waals surface area contributed by atoms with E-state index in [0.717, 1.165) is 30.6 Å². The molecule has 4 aromatic rings. The van der Waals surface area contributed by atoms with Gasteiger partial charge in [-0.2, -0.15) is 5.10 Å². The number of rotatable bonds is 2. The predicted molar refractivity (Wildman–Crippen MR) is 112 cm³/mol. The SMILES string of the molecule is Cl.Cn1cc2cc(-c3cc4c(F)cc(C5=CCNCC5)cc4nn3)cc(F)c2n1. The van der Waals surface area contributed by atoms with E-state index < -0.39 is 5.82 Å². The zero-order chi connectivity index (χ0) is 19.3. The molecule has 0 spiro atoms. The Bertz CT molecular complexity index is 1270. The van der Waals surface area contributed by atoms with Crippen LogP contribution in [0, 0.1) is 11.6 Å². The van der Waals surface area contributed by atoms with E-state index in [-0.39, 0.29) is 18.2 Å². The first-order chi connectivity index (χ1) is 13.6. The monoisotopic (exact) mass is 413 g/mol. The van der Waals surface area contributed by atoms with Gasteiger partial charge in [0, 0.05) is 36.1 Å². The molecule has 0 unspecified atom stereocenters. The topological polar surface area (TPSA) is 55.6 Å². The highest BCUT2D eigenvalue weighted by molar-refractivity contribution is 5.88. The van der Waals surface area contributed by atoms with Gasteiger partial charge in [0.1, 0.15) is 11.3 Å². The number of nitrogens with one attached hydrogen (secondary N) is 1. The van der Waals surface area contributed by atoms with E-state index in [1.807, 2.05) is 6.07 Å². The van der Waals surface area contributed by atoms with Gasteiger partial charge < -0.3 is 5.32 Å². The quantitative estimate of drug-likeness (QED) is 0.533. The highest BCUT2D eigenvalue weighted by Gasteiger charge is 2.14. The Hall–Kier alpha value is -2.90. The first kappa shape index (κ1) is 19.4. The number of benzene rings is 2. The lowest BCUT2D eigenvalue weighted by molar-refractivity contribution is 0.633. The van der Waals surface area contributed by atoms with Gasteiger partial charge in [-0.05, 0) is 54.4 Å². The molecule has 1 aliphatic heterocycles. The zero-order valence-electron chi connectivity index (χ0n) is 15.6. The molecule has 0 atom stereocenters. The zero-order valence-corrected chi connectivity index (χ0v) is 16.4. The average Bonchev–Trinajstić information content (AvgIpc) is 3.09. The van der Waals surface area contributed by atoms with Crippen molar-refractivity contribution in [2.24, 2.45) is 7.05 Å². The molecule has 0 saturated heterocycles. The lowest BCUT2D eigenvalue weighted by atomic mass is 9.98. The van der Waals surface area contributed by atoms with Crippen molar-refractivity contribution in [3.05, 3.63) is 59.8 Å². The van der Waals surface area contributed by atoms with Crippen molar-refractivity contribution in [3.63, 3.8) is 0 Å². The second kappa shape index (κ2) is 7.50. The summed E-state index contributed by atoms with van der Waals surface area (Å²) in [6.07, 6.45) is 4.65. The van der Waals surface area contributed by atoms with Crippen LogP contribution in [0.2, 0.25) is 0 Å². The first-order valence-corrected chi connectivity index (χ1v) is 9.09. The molecule has 0 bridgehead atoms. The fraction of sp³-hybridized carbons (Fsp3) is 0.190. The Balaban J connectivity index is 0.00000205. The third-order valence-electron chi connectivity index (χ3n) is 5.06. The fourth-order valence-electron chi connectivity index (χ4n) is 3.67. The molecule has 8 heteroatoms. The van der Waals surface area contributed by atoms with E-state index in [4.69, 9.17) is 0 Å². The second-order valence-corrected chi connectivity index (χ2v) is 7.00. The molecule has 0 aliphatic carbocycles. The maximum Gasteiger partial charge on any atom is 0.151 e. The van der Waals surface area contributed by atoms with Crippen molar-refractivity contribution < 1.29 is 8.78 Å². The lowest BCUT2D eigenvalue weighted by Gasteiger charge is -2.15. The van der Waals surface area contributed by atoms with E-state index in [0.29, 0.717) is 33.1 Å². The van der Waals surface area contributed by atoms with Crippen LogP contribution in [0.1, 0.15) is 12.0 Å². The number of fused-ring (bicyclic) bond motifs is 2. The van der Waals surface area contributed by atoms with E-state index in [2.05, 4.69) is 26.7 Å². The average molecular weight is 414 g/mol. The summed E-state index contributed by atoms with van der Waals surface area (Å²) < 4.78 is 30.8. The summed E-state index contributed by atoms with van der Waals surface area (Å²) in [5.41, 5.74) is 3.68. The summed E-state index contributed by atoms with van der Waals surface area (Å²) in [5, 5.41) is 16.8. The van der Waals surface area contributed by atoms with Crippen molar-refractivity contribution in [3.8, 4) is 11.3 Å². The van der Waals surface area contributed by atoms with Gasteiger partial charge >= 0.3 is 0 Å². The molecule has 0 amide bonds. The molecule has 5 nitrogen and oxygen atoms in total. The molecule has 2 aromatic heterocycles. The van der Waals surface area contributed by atoms with Crippen molar-refractivity contribution in [1.82, 2.24) is 25.3 Å². The molecule has 0 fully saturated rings. The predicted octanol–water partition coefficient (Wildman–Crippen LogP) is 4.26. The molecule has 3 heterocycles. The minimum Gasteiger partial charge on any atom is -0.313 e. The molecule has 5 rings (SSSR count). The summed E-state index contributed by atoms with van der Waals surface area (Å²) >= 11 is 0. The Morgan fingerprint density at radius 3 is 2.62 bits per heavy atom. The normalized spacial score (nSPS) is 14.1. The van der Waals surface area contributed by atoms with Gasteiger partial charge in [-0.3, -0.25) is 4.68 Å². The number of nitrogens with zero attached hydrogens (tertiary/aromatic N) is 4. The summed E-state index contributed by atoms with van der Waals surface area (Å²) in [6.45, 7) is 1.65. The molecular weight excluding hydrogens is 396 g/mol. The number of hydrogen-bond acceptors (Lipinski definition) is 4. The molecule has 1 N–H and O–H groups in total. The van der Waals surface area contributed by atoms with Crippen LogP contribution in [-0.2, 0) is 7.05 Å². The third kappa shape index (κ3) is 3.47. The molecule has 0 saturated carbocycles. The van der Waals surface area contributed by atoms with E-state index >= 15 is 0 Å². The molecule has 2 aromatic carbocycles. The number of aryl methyl sites for hydroxylation is 1. The summed E-state index contributed by atoms with van der Waals surface area (Å²) in [7, 11) is 1.74. The van der Waals surface area contributed by atoms with Crippen LogP contribution in [0.3, 0.4) is 0 Å². The largest absolute Gasteiger partial charge is 0.313 e. The fourth-order valence-corrected chi connectivity index (χ4v) is 3.67. The van der Waals surface area contributed by atoms with Gasteiger partial charge in [0.25, 0.3) is 0 Å². The minimum absolute atomic E-state index is 0. The Morgan fingerprint density at radius 1 is 1.00 bits per heavy atom. The van der Waals surface area contributed by atoms with Gasteiger partial charge in [0.05, 0.1) is 11.2 Å². The molecular formula is C21H18ClF2N5. The van der Waals surface area contributed by atoms with Crippen molar-refractivity contribution in [2.75, 3.05) is 13.1 Å². The van der Waals surface area contributed by atoms with Gasteiger partial charge in [-0.15, -0.1) is 22.6 Å². The highest BCUT2D eigenvalue weighted by atomic mass is 35.5. The van der Waals surface area contributed by atoms with Crippen LogP contribution in [-0.4, -0.2) is 33.1 Å². The van der Waals surface area contributed by atoms with Gasteiger partial charge in [-0.25, -0.2) is 8.78 Å². The maximum atomic E-state index is 14.8. The first-order valence-electron chi connectivity index (χ1n) is 9.09. The van der Waals surface area contributed by atoms with Crippen LogP contribution in [0.15, 0.2) is 42.6 Å². The molecule has 0 radical (unpaired) electrons. The second-order valence-electron chi connectivity index (χ2n) is 7.00. The van der Waals surface area contributed by atoms with Gasteiger partial charge in [0.2, 0.25) is 0 Å². The number of halogens is 3. The smallest absolute Gasteiger partial charge is 0.151 e. The standard InChI is InChI=1S/C21H17F2N5.ClH/c1-28-11-15-6-14(8-18(23)21(15)27-28)19-10-16-17(22)7-13(9-20(16)26-25-19)12-2-4-24-5-3-12;/h2,6-11,24H,3-5H2,1H3;1H. The Labute approximate surface area is 171 Å². The van der Waals surface area contributed by atoms with Crippen molar-refractivity contribution in [2.45, 2.75) is 6.42 Å². The van der Waals surface area contributed by atoms with Gasteiger partial charge in [0.15, 0.2) is 5.82 Å². The number of aromatic nitrogens is 4. The van der Waals surface area contributed by atoms with E-state index in [9.17, 15) is 8.78 Å². The van der Waals surface area contributed by atoms with Crippen LogP contribution < -0.4 is 5.32 Å². The van der Waals surface area contributed by atoms with Crippen LogP contribution >= 0.6 is 12.4 Å². The van der Waals surface area contributed by atoms with E-state index in [1.165, 1.54) is 12.1 Å². The molecule has 148 valence electrons. The summed E-state index contributed by atoms with van der Waals surface area (Å²) in [4.78, 5) is 0. The summed E-state index contributed by atoms with van der Waals surface area (Å²) in [5.74, 6) is -0.797. The molecule has 1 aliphatic rings. The summed E-state index contributed by atoms with van der Waals surface area (Å²) in [6, 6.07) is 8.16.